The van der Waals surface area contributed by atoms with Crippen molar-refractivity contribution in [2.45, 2.75) is 13.8 Å². The molecule has 0 heterocycles. The number of rotatable bonds is 6. The second kappa shape index (κ2) is 9.07. The van der Waals surface area contributed by atoms with Crippen LogP contribution in [0, 0.1) is 0 Å². The Labute approximate surface area is 171 Å². The van der Waals surface area contributed by atoms with Crippen molar-refractivity contribution < 1.29 is 14.3 Å². The number of benzene rings is 3. The predicted molar refractivity (Wildman–Crippen MR) is 119 cm³/mol. The molecule has 3 aromatic carbocycles. The highest BCUT2D eigenvalue weighted by Gasteiger charge is 2.09. The van der Waals surface area contributed by atoms with E-state index in [1.165, 1.54) is 0 Å². The fourth-order valence-electron chi connectivity index (χ4n) is 3.00. The molecule has 0 fully saturated rings. The molecule has 146 valence electrons. The third kappa shape index (κ3) is 4.82. The van der Waals surface area contributed by atoms with Crippen molar-refractivity contribution in [1.29, 1.82) is 0 Å². The molecule has 0 aliphatic heterocycles. The van der Waals surface area contributed by atoms with E-state index < -0.39 is 5.97 Å². The third-order valence-electron chi connectivity index (χ3n) is 4.55. The van der Waals surface area contributed by atoms with E-state index in [1.807, 2.05) is 37.3 Å². The lowest BCUT2D eigenvalue weighted by molar-refractivity contribution is -0.130. The highest BCUT2D eigenvalue weighted by atomic mass is 16.5. The molecule has 3 heteroatoms. The van der Waals surface area contributed by atoms with Crippen LogP contribution in [0.4, 0.5) is 0 Å². The SMILES string of the molecule is C=C(C)C(=O)Oc1ccc(-c2ccc(-c3ccc(OC)cc3)cc2/C=C/C)cc1. The molecular formula is C26H24O3. The second-order valence-corrected chi connectivity index (χ2v) is 6.72. The number of hydrogen-bond donors (Lipinski definition) is 0. The normalized spacial score (nSPS) is 10.7. The van der Waals surface area contributed by atoms with Crippen LogP contribution < -0.4 is 9.47 Å². The van der Waals surface area contributed by atoms with Crippen LogP contribution in [0.15, 0.2) is 85.0 Å². The molecule has 0 saturated heterocycles. The Hall–Kier alpha value is -3.59. The van der Waals surface area contributed by atoms with Gasteiger partial charge in [-0.3, -0.25) is 0 Å². The van der Waals surface area contributed by atoms with Gasteiger partial charge in [-0.25, -0.2) is 4.79 Å². The zero-order valence-corrected chi connectivity index (χ0v) is 16.9. The van der Waals surface area contributed by atoms with Crippen molar-refractivity contribution in [1.82, 2.24) is 0 Å². The molecule has 0 unspecified atom stereocenters. The first-order valence-electron chi connectivity index (χ1n) is 9.41. The monoisotopic (exact) mass is 384 g/mol. The van der Waals surface area contributed by atoms with Gasteiger partial charge < -0.3 is 9.47 Å². The molecule has 0 aromatic heterocycles. The van der Waals surface area contributed by atoms with Gasteiger partial charge in [0, 0.05) is 5.57 Å². The van der Waals surface area contributed by atoms with Crippen LogP contribution >= 0.6 is 0 Å². The zero-order chi connectivity index (χ0) is 20.8. The van der Waals surface area contributed by atoms with Crippen molar-refractivity contribution in [2.75, 3.05) is 7.11 Å². The quantitative estimate of drug-likeness (QED) is 0.275. The van der Waals surface area contributed by atoms with E-state index in [1.54, 1.807) is 26.2 Å². The van der Waals surface area contributed by atoms with Gasteiger partial charge in [-0.15, -0.1) is 0 Å². The summed E-state index contributed by atoms with van der Waals surface area (Å²) in [5, 5.41) is 0. The summed E-state index contributed by atoms with van der Waals surface area (Å²) in [6, 6.07) is 21.9. The number of ether oxygens (including phenoxy) is 2. The lowest BCUT2D eigenvalue weighted by Crippen LogP contribution is -2.07. The molecule has 0 aliphatic carbocycles. The molecule has 0 amide bonds. The van der Waals surface area contributed by atoms with E-state index in [-0.39, 0.29) is 0 Å². The molecule has 3 rings (SSSR count). The Kier molecular flexibility index (Phi) is 6.30. The van der Waals surface area contributed by atoms with Gasteiger partial charge in [0.25, 0.3) is 0 Å². The predicted octanol–water partition coefficient (Wildman–Crippen LogP) is 6.54. The van der Waals surface area contributed by atoms with E-state index in [2.05, 4.69) is 43.0 Å². The average molecular weight is 384 g/mol. The molecule has 0 atom stereocenters. The smallest absolute Gasteiger partial charge is 0.338 e. The number of allylic oxidation sites excluding steroid dienone is 1. The number of methoxy groups -OCH3 is 1. The Morgan fingerprint density at radius 3 is 2.03 bits per heavy atom. The summed E-state index contributed by atoms with van der Waals surface area (Å²) in [5.41, 5.74) is 5.92. The van der Waals surface area contributed by atoms with E-state index in [9.17, 15) is 4.79 Å². The number of esters is 1. The van der Waals surface area contributed by atoms with Gasteiger partial charge in [-0.2, -0.15) is 0 Å². The molecule has 0 aliphatic rings. The van der Waals surface area contributed by atoms with Crippen molar-refractivity contribution >= 4 is 12.0 Å². The Morgan fingerprint density at radius 1 is 0.862 bits per heavy atom. The first-order valence-corrected chi connectivity index (χ1v) is 9.41. The van der Waals surface area contributed by atoms with Gasteiger partial charge in [0.15, 0.2) is 0 Å². The molecule has 0 radical (unpaired) electrons. The van der Waals surface area contributed by atoms with Gasteiger partial charge in [-0.05, 0) is 72.0 Å². The summed E-state index contributed by atoms with van der Waals surface area (Å²) in [7, 11) is 1.67. The molecule has 0 N–H and O–H groups in total. The van der Waals surface area contributed by atoms with Crippen LogP contribution in [-0.2, 0) is 4.79 Å². The molecule has 0 spiro atoms. The van der Waals surface area contributed by atoms with Crippen molar-refractivity contribution in [3.8, 4) is 33.8 Å². The van der Waals surface area contributed by atoms with Gasteiger partial charge in [-0.1, -0.05) is 55.1 Å². The van der Waals surface area contributed by atoms with Gasteiger partial charge in [0.1, 0.15) is 11.5 Å². The average Bonchev–Trinajstić information content (AvgIpc) is 2.74. The minimum atomic E-state index is -0.420. The standard InChI is InChI=1S/C26H24O3/c1-5-6-22-17-21(19-7-12-23(28-4)13-8-19)11-16-25(22)20-9-14-24(15-10-20)29-26(27)18(2)3/h5-17H,2H2,1,3-4H3/b6-5+. The minimum absolute atomic E-state index is 0.374. The molecule has 0 bridgehead atoms. The molecular weight excluding hydrogens is 360 g/mol. The highest BCUT2D eigenvalue weighted by Crippen LogP contribution is 2.31. The van der Waals surface area contributed by atoms with Crippen LogP contribution in [0.3, 0.4) is 0 Å². The third-order valence-corrected chi connectivity index (χ3v) is 4.55. The molecule has 29 heavy (non-hydrogen) atoms. The van der Waals surface area contributed by atoms with Gasteiger partial charge >= 0.3 is 5.97 Å². The van der Waals surface area contributed by atoms with Gasteiger partial charge in [0.05, 0.1) is 7.11 Å². The summed E-state index contributed by atoms with van der Waals surface area (Å²) in [6.07, 6.45) is 4.12. The summed E-state index contributed by atoms with van der Waals surface area (Å²) < 4.78 is 10.5. The Bertz CT molecular complexity index is 1040. The summed E-state index contributed by atoms with van der Waals surface area (Å²) >= 11 is 0. The van der Waals surface area contributed by atoms with Crippen LogP contribution in [0.5, 0.6) is 11.5 Å². The summed E-state index contributed by atoms with van der Waals surface area (Å²) in [5.74, 6) is 0.923. The minimum Gasteiger partial charge on any atom is -0.497 e. The molecule has 3 nitrogen and oxygen atoms in total. The summed E-state index contributed by atoms with van der Waals surface area (Å²) in [4.78, 5) is 11.7. The number of hydrogen-bond acceptors (Lipinski definition) is 3. The number of carbonyl (C=O) groups is 1. The largest absolute Gasteiger partial charge is 0.497 e. The fourth-order valence-corrected chi connectivity index (χ4v) is 3.00. The first-order chi connectivity index (χ1) is 14.0. The fraction of sp³-hybridized carbons (Fsp3) is 0.115. The lowest BCUT2D eigenvalue weighted by Gasteiger charge is -2.11. The first kappa shape index (κ1) is 20.2. The maximum Gasteiger partial charge on any atom is 0.338 e. The summed E-state index contributed by atoms with van der Waals surface area (Å²) in [6.45, 7) is 7.24. The van der Waals surface area contributed by atoms with E-state index in [0.717, 1.165) is 33.6 Å². The number of carbonyl (C=O) groups excluding carboxylic acids is 1. The van der Waals surface area contributed by atoms with Crippen LogP contribution in [0.25, 0.3) is 28.3 Å². The van der Waals surface area contributed by atoms with Crippen LogP contribution in [-0.4, -0.2) is 13.1 Å². The Balaban J connectivity index is 1.92. The van der Waals surface area contributed by atoms with E-state index >= 15 is 0 Å². The Morgan fingerprint density at radius 2 is 1.45 bits per heavy atom. The van der Waals surface area contributed by atoms with Crippen molar-refractivity contribution in [3.63, 3.8) is 0 Å². The zero-order valence-electron chi connectivity index (χ0n) is 16.9. The van der Waals surface area contributed by atoms with E-state index in [0.29, 0.717) is 11.3 Å². The highest BCUT2D eigenvalue weighted by molar-refractivity contribution is 5.89. The van der Waals surface area contributed by atoms with Crippen molar-refractivity contribution in [3.05, 3.63) is 90.5 Å². The molecule has 0 saturated carbocycles. The topological polar surface area (TPSA) is 35.5 Å². The second-order valence-electron chi connectivity index (χ2n) is 6.72. The van der Waals surface area contributed by atoms with Crippen LogP contribution in [0.2, 0.25) is 0 Å². The van der Waals surface area contributed by atoms with Gasteiger partial charge in [0.2, 0.25) is 0 Å². The van der Waals surface area contributed by atoms with E-state index in [4.69, 9.17) is 9.47 Å². The van der Waals surface area contributed by atoms with Crippen molar-refractivity contribution in [2.24, 2.45) is 0 Å². The van der Waals surface area contributed by atoms with Crippen LogP contribution in [0.1, 0.15) is 19.4 Å². The molecule has 3 aromatic rings. The maximum atomic E-state index is 11.7. The lowest BCUT2D eigenvalue weighted by atomic mass is 9.94. The maximum absolute atomic E-state index is 11.7.